The summed E-state index contributed by atoms with van der Waals surface area (Å²) in [4.78, 5) is 0. The van der Waals surface area contributed by atoms with E-state index in [0.29, 0.717) is 0 Å². The van der Waals surface area contributed by atoms with Crippen LogP contribution in [0.15, 0.2) is 47.7 Å². The zero-order valence-corrected chi connectivity index (χ0v) is 9.29. The molecule has 0 radical (unpaired) electrons. The van der Waals surface area contributed by atoms with E-state index in [2.05, 4.69) is 38.1 Å². The number of rotatable bonds is 2. The van der Waals surface area contributed by atoms with Gasteiger partial charge >= 0.3 is 0 Å². The van der Waals surface area contributed by atoms with Crippen LogP contribution in [0.3, 0.4) is 0 Å². The smallest absolute Gasteiger partial charge is 0.127 e. The Morgan fingerprint density at radius 2 is 2.07 bits per heavy atom. The van der Waals surface area contributed by atoms with E-state index in [1.54, 1.807) is 0 Å². The molecule has 0 fully saturated rings. The second kappa shape index (κ2) is 4.35. The number of benzene rings is 1. The van der Waals surface area contributed by atoms with Gasteiger partial charge in [-0.25, -0.2) is 0 Å². The molecule has 15 heavy (non-hydrogen) atoms. The third-order valence-corrected chi connectivity index (χ3v) is 2.50. The summed E-state index contributed by atoms with van der Waals surface area (Å²) in [6.45, 7) is 4.22. The molecule has 0 spiro atoms. The van der Waals surface area contributed by atoms with Gasteiger partial charge in [-0.2, -0.15) is 0 Å². The molecule has 0 amide bonds. The average molecular weight is 200 g/mol. The average Bonchev–Trinajstić information content (AvgIpc) is 2.17. The molecule has 1 nitrogen and oxygen atoms in total. The standard InChI is InChI=1S/C14H16O/c1-11-5-3-7-13(9-11)15-14-8-4-6-12(2)10-14/h3,5,7-10H,4,6H2,1-2H3. The van der Waals surface area contributed by atoms with E-state index in [9.17, 15) is 0 Å². The van der Waals surface area contributed by atoms with Gasteiger partial charge in [0.1, 0.15) is 11.5 Å². The number of ether oxygens (including phenoxy) is 1. The first kappa shape index (κ1) is 10.0. The fraction of sp³-hybridized carbons (Fsp3) is 0.286. The second-order valence-electron chi connectivity index (χ2n) is 4.05. The third-order valence-electron chi connectivity index (χ3n) is 2.50. The van der Waals surface area contributed by atoms with Crippen molar-refractivity contribution in [2.24, 2.45) is 0 Å². The van der Waals surface area contributed by atoms with Crippen LogP contribution in [0, 0.1) is 6.92 Å². The van der Waals surface area contributed by atoms with Crippen molar-refractivity contribution in [1.82, 2.24) is 0 Å². The fourth-order valence-electron chi connectivity index (χ4n) is 1.70. The Morgan fingerprint density at radius 3 is 2.80 bits per heavy atom. The maximum absolute atomic E-state index is 5.79. The van der Waals surface area contributed by atoms with E-state index in [1.165, 1.54) is 11.1 Å². The highest BCUT2D eigenvalue weighted by atomic mass is 16.5. The molecule has 0 atom stereocenters. The van der Waals surface area contributed by atoms with Crippen molar-refractivity contribution in [3.8, 4) is 5.75 Å². The van der Waals surface area contributed by atoms with Gasteiger partial charge in [-0.15, -0.1) is 0 Å². The van der Waals surface area contributed by atoms with E-state index in [0.717, 1.165) is 24.4 Å². The molecule has 0 saturated carbocycles. The van der Waals surface area contributed by atoms with E-state index in [4.69, 9.17) is 4.74 Å². The minimum Gasteiger partial charge on any atom is -0.458 e. The van der Waals surface area contributed by atoms with E-state index < -0.39 is 0 Å². The summed E-state index contributed by atoms with van der Waals surface area (Å²) < 4.78 is 5.79. The largest absolute Gasteiger partial charge is 0.458 e. The van der Waals surface area contributed by atoms with Gasteiger partial charge in [-0.05, 0) is 56.5 Å². The quantitative estimate of drug-likeness (QED) is 0.701. The number of hydrogen-bond donors (Lipinski definition) is 0. The van der Waals surface area contributed by atoms with Crippen LogP contribution in [0.2, 0.25) is 0 Å². The molecule has 1 aliphatic rings. The van der Waals surface area contributed by atoms with E-state index in [1.807, 2.05) is 12.1 Å². The zero-order chi connectivity index (χ0) is 10.7. The van der Waals surface area contributed by atoms with Crippen LogP contribution in [0.25, 0.3) is 0 Å². The van der Waals surface area contributed by atoms with Crippen molar-refractivity contribution in [3.05, 3.63) is 53.3 Å². The lowest BCUT2D eigenvalue weighted by Gasteiger charge is -2.12. The fourth-order valence-corrected chi connectivity index (χ4v) is 1.70. The molecule has 78 valence electrons. The van der Waals surface area contributed by atoms with Crippen LogP contribution >= 0.6 is 0 Å². The highest BCUT2D eigenvalue weighted by Crippen LogP contribution is 2.21. The molecule has 1 heteroatoms. The SMILES string of the molecule is CC1=CC(Oc2cccc(C)c2)=CCC1. The molecule has 0 unspecified atom stereocenters. The zero-order valence-electron chi connectivity index (χ0n) is 9.29. The molecule has 0 saturated heterocycles. The predicted octanol–water partition coefficient (Wildman–Crippen LogP) is 4.00. The summed E-state index contributed by atoms with van der Waals surface area (Å²) in [5, 5.41) is 0. The minimum absolute atomic E-state index is 0.923. The van der Waals surface area contributed by atoms with Gasteiger partial charge in [0, 0.05) is 0 Å². The Balaban J connectivity index is 2.12. The molecular formula is C14H16O. The molecule has 0 heterocycles. The highest BCUT2D eigenvalue weighted by Gasteiger charge is 2.03. The second-order valence-corrected chi connectivity index (χ2v) is 4.05. The first-order valence-corrected chi connectivity index (χ1v) is 5.36. The topological polar surface area (TPSA) is 9.23 Å². The lowest BCUT2D eigenvalue weighted by Crippen LogP contribution is -1.97. The van der Waals surface area contributed by atoms with Crippen LogP contribution in [-0.2, 0) is 0 Å². The number of aryl methyl sites for hydroxylation is 1. The molecule has 2 rings (SSSR count). The van der Waals surface area contributed by atoms with Crippen molar-refractivity contribution < 1.29 is 4.74 Å². The van der Waals surface area contributed by atoms with Gasteiger partial charge < -0.3 is 4.74 Å². The highest BCUT2D eigenvalue weighted by molar-refractivity contribution is 5.32. The van der Waals surface area contributed by atoms with Crippen LogP contribution in [0.5, 0.6) is 5.75 Å². The summed E-state index contributed by atoms with van der Waals surface area (Å²) in [5.74, 6) is 1.90. The van der Waals surface area contributed by atoms with Gasteiger partial charge in [-0.1, -0.05) is 17.7 Å². The van der Waals surface area contributed by atoms with Crippen molar-refractivity contribution in [2.45, 2.75) is 26.7 Å². The summed E-state index contributed by atoms with van der Waals surface area (Å²) in [6, 6.07) is 8.14. The molecule has 0 aliphatic heterocycles. The Kier molecular flexibility index (Phi) is 2.91. The van der Waals surface area contributed by atoms with Crippen molar-refractivity contribution >= 4 is 0 Å². The Labute approximate surface area is 91.1 Å². The number of allylic oxidation sites excluding steroid dienone is 3. The van der Waals surface area contributed by atoms with E-state index in [-0.39, 0.29) is 0 Å². The van der Waals surface area contributed by atoms with Gasteiger partial charge in [0.25, 0.3) is 0 Å². The summed E-state index contributed by atoms with van der Waals surface area (Å²) in [6.07, 6.45) is 6.51. The monoisotopic (exact) mass is 200 g/mol. The first-order chi connectivity index (χ1) is 7.24. The van der Waals surface area contributed by atoms with Crippen molar-refractivity contribution in [2.75, 3.05) is 0 Å². The maximum atomic E-state index is 5.79. The van der Waals surface area contributed by atoms with Gasteiger partial charge in [-0.3, -0.25) is 0 Å². The Hall–Kier alpha value is -1.50. The van der Waals surface area contributed by atoms with Gasteiger partial charge in [0.2, 0.25) is 0 Å². The lowest BCUT2D eigenvalue weighted by molar-refractivity contribution is 0.437. The molecular weight excluding hydrogens is 184 g/mol. The minimum atomic E-state index is 0.923. The lowest BCUT2D eigenvalue weighted by atomic mass is 10.1. The van der Waals surface area contributed by atoms with Gasteiger partial charge in [0.15, 0.2) is 0 Å². The molecule has 0 aromatic heterocycles. The normalized spacial score (nSPS) is 15.6. The number of hydrogen-bond acceptors (Lipinski definition) is 1. The summed E-state index contributed by atoms with van der Waals surface area (Å²) in [5.41, 5.74) is 2.62. The summed E-state index contributed by atoms with van der Waals surface area (Å²) in [7, 11) is 0. The van der Waals surface area contributed by atoms with Crippen molar-refractivity contribution in [3.63, 3.8) is 0 Å². The first-order valence-electron chi connectivity index (χ1n) is 5.36. The Bertz CT molecular complexity index is 413. The molecule has 1 aliphatic carbocycles. The molecule has 0 N–H and O–H groups in total. The summed E-state index contributed by atoms with van der Waals surface area (Å²) >= 11 is 0. The van der Waals surface area contributed by atoms with Crippen LogP contribution in [0.4, 0.5) is 0 Å². The van der Waals surface area contributed by atoms with Crippen molar-refractivity contribution in [1.29, 1.82) is 0 Å². The molecule has 1 aromatic rings. The third kappa shape index (κ3) is 2.72. The van der Waals surface area contributed by atoms with Crippen LogP contribution < -0.4 is 4.74 Å². The van der Waals surface area contributed by atoms with Crippen LogP contribution in [-0.4, -0.2) is 0 Å². The molecule has 1 aromatic carbocycles. The molecule has 0 bridgehead atoms. The van der Waals surface area contributed by atoms with Crippen LogP contribution in [0.1, 0.15) is 25.3 Å². The predicted molar refractivity (Wildman–Crippen MR) is 62.9 cm³/mol. The maximum Gasteiger partial charge on any atom is 0.127 e. The Morgan fingerprint density at radius 1 is 1.20 bits per heavy atom. The van der Waals surface area contributed by atoms with Gasteiger partial charge in [0.05, 0.1) is 0 Å². The van der Waals surface area contributed by atoms with E-state index >= 15 is 0 Å².